The number of hydrogen-bond donors (Lipinski definition) is 2. The van der Waals surface area contributed by atoms with Gasteiger partial charge in [0.15, 0.2) is 6.10 Å². The fourth-order valence-electron chi connectivity index (χ4n) is 7.75. The molecule has 0 heterocycles. The van der Waals surface area contributed by atoms with Gasteiger partial charge in [0.2, 0.25) is 0 Å². The summed E-state index contributed by atoms with van der Waals surface area (Å²) in [6.07, 6.45) is 84.0. The van der Waals surface area contributed by atoms with E-state index < -0.39 is 32.5 Å². The van der Waals surface area contributed by atoms with Crippen LogP contribution in [0.1, 0.15) is 232 Å². The summed E-state index contributed by atoms with van der Waals surface area (Å²) < 4.78 is 32.9. The van der Waals surface area contributed by atoms with Crippen LogP contribution in [0, 0.1) is 0 Å². The molecule has 0 rings (SSSR count). The van der Waals surface area contributed by atoms with Crippen LogP contribution in [0.4, 0.5) is 0 Å². The third-order valence-corrected chi connectivity index (χ3v) is 13.0. The molecular formula is C65H108NO8P. The Morgan fingerprint density at radius 3 is 1.08 bits per heavy atom. The van der Waals surface area contributed by atoms with Crippen molar-refractivity contribution in [1.29, 1.82) is 0 Å². The Bertz CT molecular complexity index is 1680. The number of rotatable bonds is 54. The average Bonchev–Trinajstić information content (AvgIpc) is 3.40. The molecule has 3 N–H and O–H groups in total. The third kappa shape index (κ3) is 59.3. The molecule has 0 aliphatic carbocycles. The van der Waals surface area contributed by atoms with Crippen LogP contribution >= 0.6 is 7.82 Å². The first-order valence-corrected chi connectivity index (χ1v) is 31.2. The lowest BCUT2D eigenvalue weighted by Gasteiger charge is -2.19. The molecule has 10 heteroatoms. The highest BCUT2D eigenvalue weighted by Crippen LogP contribution is 2.43. The number of carbonyl (C=O) groups is 2. The minimum atomic E-state index is -4.41. The lowest BCUT2D eigenvalue weighted by molar-refractivity contribution is -0.161. The SMILES string of the molecule is CC/C=C\C/C=C\C/C=C\C/C=C\C/C=C\C/C=C\CCC(=O)OC(COC(=O)CCCCCCCCCCCCCCCCCCCCC/C=C\C/C=C\C/C=C\C/C=C\C/C=C\CC)COP(=O)(O)OCCN. The van der Waals surface area contributed by atoms with Gasteiger partial charge in [-0.2, -0.15) is 0 Å². The Morgan fingerprint density at radius 2 is 0.720 bits per heavy atom. The molecule has 0 aliphatic rings. The number of allylic oxidation sites excluding steroid dienone is 22. The summed E-state index contributed by atoms with van der Waals surface area (Å²) in [6, 6.07) is 0. The summed E-state index contributed by atoms with van der Waals surface area (Å²) >= 11 is 0. The highest BCUT2D eigenvalue weighted by Gasteiger charge is 2.26. The monoisotopic (exact) mass is 1060 g/mol. The normalized spacial score (nSPS) is 14.0. The van der Waals surface area contributed by atoms with E-state index in [1.165, 1.54) is 109 Å². The molecule has 426 valence electrons. The second kappa shape index (κ2) is 59.4. The summed E-state index contributed by atoms with van der Waals surface area (Å²) in [7, 11) is -4.41. The van der Waals surface area contributed by atoms with Crippen molar-refractivity contribution >= 4 is 19.8 Å². The van der Waals surface area contributed by atoms with Crippen molar-refractivity contribution in [2.24, 2.45) is 5.73 Å². The molecule has 0 fully saturated rings. The maximum atomic E-state index is 12.6. The zero-order chi connectivity index (χ0) is 54.5. The Kier molecular flexibility index (Phi) is 56.3. The van der Waals surface area contributed by atoms with Crippen molar-refractivity contribution in [1.82, 2.24) is 0 Å². The molecule has 0 radical (unpaired) electrons. The van der Waals surface area contributed by atoms with Gasteiger partial charge in [0.1, 0.15) is 6.61 Å². The minimum Gasteiger partial charge on any atom is -0.462 e. The highest BCUT2D eigenvalue weighted by atomic mass is 31.2. The molecule has 9 nitrogen and oxygen atoms in total. The van der Waals surface area contributed by atoms with E-state index in [-0.39, 0.29) is 32.6 Å². The van der Waals surface area contributed by atoms with E-state index in [9.17, 15) is 19.0 Å². The molecule has 2 atom stereocenters. The van der Waals surface area contributed by atoms with Gasteiger partial charge < -0.3 is 20.1 Å². The zero-order valence-electron chi connectivity index (χ0n) is 47.5. The van der Waals surface area contributed by atoms with E-state index in [0.717, 1.165) is 89.9 Å². The van der Waals surface area contributed by atoms with Crippen LogP contribution in [0.3, 0.4) is 0 Å². The smallest absolute Gasteiger partial charge is 0.462 e. The van der Waals surface area contributed by atoms with Gasteiger partial charge in [0.25, 0.3) is 0 Å². The van der Waals surface area contributed by atoms with Gasteiger partial charge in [-0.15, -0.1) is 0 Å². The summed E-state index contributed by atoms with van der Waals surface area (Å²) in [5.74, 6) is -0.929. The lowest BCUT2D eigenvalue weighted by atomic mass is 10.0. The highest BCUT2D eigenvalue weighted by molar-refractivity contribution is 7.47. The molecule has 75 heavy (non-hydrogen) atoms. The van der Waals surface area contributed by atoms with Crippen molar-refractivity contribution in [3.63, 3.8) is 0 Å². The number of carbonyl (C=O) groups excluding carboxylic acids is 2. The number of unbranched alkanes of at least 4 members (excludes halogenated alkanes) is 19. The quantitative estimate of drug-likeness (QED) is 0.0264. The van der Waals surface area contributed by atoms with E-state index in [4.69, 9.17) is 24.3 Å². The predicted molar refractivity (Wildman–Crippen MR) is 320 cm³/mol. The number of nitrogens with two attached hydrogens (primary N) is 1. The fourth-order valence-corrected chi connectivity index (χ4v) is 8.51. The average molecular weight is 1060 g/mol. The zero-order valence-corrected chi connectivity index (χ0v) is 48.4. The number of hydrogen-bond acceptors (Lipinski definition) is 8. The molecule has 0 spiro atoms. The maximum absolute atomic E-state index is 12.6. The first-order chi connectivity index (χ1) is 36.8. The van der Waals surface area contributed by atoms with Crippen LogP contribution < -0.4 is 5.73 Å². The van der Waals surface area contributed by atoms with Crippen LogP contribution in [0.5, 0.6) is 0 Å². The van der Waals surface area contributed by atoms with Crippen molar-refractivity contribution in [3.8, 4) is 0 Å². The molecule has 0 bridgehead atoms. The second-order valence-electron chi connectivity index (χ2n) is 19.1. The Morgan fingerprint density at radius 1 is 0.400 bits per heavy atom. The molecule has 0 aromatic carbocycles. The molecule has 0 saturated heterocycles. The van der Waals surface area contributed by atoms with Crippen molar-refractivity contribution in [2.45, 2.75) is 238 Å². The van der Waals surface area contributed by atoms with E-state index in [2.05, 4.69) is 135 Å². The van der Waals surface area contributed by atoms with Crippen LogP contribution in [-0.4, -0.2) is 49.3 Å². The Hall–Kier alpha value is -3.85. The van der Waals surface area contributed by atoms with Crippen LogP contribution in [0.2, 0.25) is 0 Å². The van der Waals surface area contributed by atoms with Gasteiger partial charge >= 0.3 is 19.8 Å². The third-order valence-electron chi connectivity index (χ3n) is 12.0. The fraction of sp³-hybridized carbons (Fsp3) is 0.631. The van der Waals surface area contributed by atoms with Gasteiger partial charge in [-0.25, -0.2) is 4.57 Å². The molecule has 2 unspecified atom stereocenters. The Labute approximate surface area is 459 Å². The molecular weight excluding hydrogens is 954 g/mol. The topological polar surface area (TPSA) is 134 Å². The van der Waals surface area contributed by atoms with Gasteiger partial charge in [-0.3, -0.25) is 18.6 Å². The number of phosphoric ester groups is 1. The minimum absolute atomic E-state index is 0.0365. The van der Waals surface area contributed by atoms with Gasteiger partial charge in [0.05, 0.1) is 13.2 Å². The summed E-state index contributed by atoms with van der Waals surface area (Å²) in [4.78, 5) is 35.1. The Balaban J connectivity index is 3.96. The van der Waals surface area contributed by atoms with Gasteiger partial charge in [-0.05, 0) is 96.3 Å². The summed E-state index contributed by atoms with van der Waals surface area (Å²) in [6.45, 7) is 3.42. The number of ether oxygens (including phenoxy) is 2. The predicted octanol–water partition coefficient (Wildman–Crippen LogP) is 19.0. The van der Waals surface area contributed by atoms with Crippen molar-refractivity contribution in [2.75, 3.05) is 26.4 Å². The molecule has 0 aromatic rings. The molecule has 0 aromatic heterocycles. The largest absolute Gasteiger partial charge is 0.472 e. The summed E-state index contributed by atoms with van der Waals surface area (Å²) in [5, 5.41) is 0. The van der Waals surface area contributed by atoms with E-state index in [1.807, 2.05) is 12.2 Å². The lowest BCUT2D eigenvalue weighted by Crippen LogP contribution is -2.29. The van der Waals surface area contributed by atoms with Crippen LogP contribution in [-0.2, 0) is 32.7 Å². The van der Waals surface area contributed by atoms with E-state index in [0.29, 0.717) is 6.42 Å². The van der Waals surface area contributed by atoms with Gasteiger partial charge in [-0.1, -0.05) is 257 Å². The van der Waals surface area contributed by atoms with E-state index >= 15 is 0 Å². The van der Waals surface area contributed by atoms with Crippen LogP contribution in [0.25, 0.3) is 0 Å². The number of esters is 2. The first-order valence-electron chi connectivity index (χ1n) is 29.7. The first kappa shape index (κ1) is 71.2. The standard InChI is InChI=1S/C65H108NO8P/c1-3-5-7-9-11-13-15-17-19-21-23-24-25-26-27-28-29-30-31-32-33-34-35-36-37-38-40-41-43-45-47-49-51-53-55-57-64(67)71-61-63(62-73-75(69,70)72-60-59-66)74-65(68)58-56-54-52-50-48-46-44-42-39-22-20-18-16-14-12-10-8-6-4-2/h5-8,11-14,17-20,23-24,26-27,39,42,46,48,52,54,63H,3-4,9-10,15-16,21-22,25,28-38,40-41,43-45,47,49-51,53,55-62,66H2,1-2H3,(H,69,70)/b7-5-,8-6-,13-11-,14-12-,19-17-,20-18-,24-23-,27-26-,42-39-,48-46-,54-52-. The van der Waals surface area contributed by atoms with Crippen LogP contribution in [0.15, 0.2) is 134 Å². The van der Waals surface area contributed by atoms with E-state index in [1.54, 1.807) is 0 Å². The molecule has 0 saturated carbocycles. The van der Waals surface area contributed by atoms with Crippen molar-refractivity contribution in [3.05, 3.63) is 134 Å². The molecule has 0 amide bonds. The maximum Gasteiger partial charge on any atom is 0.472 e. The molecule has 0 aliphatic heterocycles. The summed E-state index contributed by atoms with van der Waals surface area (Å²) in [5.41, 5.74) is 5.37. The second-order valence-corrected chi connectivity index (χ2v) is 20.6. The van der Waals surface area contributed by atoms with Crippen molar-refractivity contribution < 1.29 is 37.6 Å². The number of phosphoric acid groups is 1. The van der Waals surface area contributed by atoms with Gasteiger partial charge in [0, 0.05) is 19.4 Å².